The van der Waals surface area contributed by atoms with Crippen LogP contribution in [0.25, 0.3) is 0 Å². The van der Waals surface area contributed by atoms with Gasteiger partial charge >= 0.3 is 5.97 Å². The lowest BCUT2D eigenvalue weighted by Gasteiger charge is -2.18. The Morgan fingerprint density at radius 1 is 1.14 bits per heavy atom. The van der Waals surface area contributed by atoms with Gasteiger partial charge in [0.15, 0.2) is 6.61 Å². The van der Waals surface area contributed by atoms with Gasteiger partial charge in [-0.05, 0) is 36.6 Å². The number of carbonyl (C=O) groups is 3. The van der Waals surface area contributed by atoms with Crippen LogP contribution in [0.3, 0.4) is 0 Å². The van der Waals surface area contributed by atoms with Gasteiger partial charge in [-0.2, -0.15) is 0 Å². The van der Waals surface area contributed by atoms with Crippen LogP contribution in [0.4, 0.5) is 11.4 Å². The van der Waals surface area contributed by atoms with Gasteiger partial charge in [-0.3, -0.25) is 14.4 Å². The molecule has 6 nitrogen and oxygen atoms in total. The molecule has 2 amide bonds. The summed E-state index contributed by atoms with van der Waals surface area (Å²) in [6.45, 7) is 3.82. The molecule has 0 saturated carbocycles. The first kappa shape index (κ1) is 19.6. The highest BCUT2D eigenvalue weighted by atomic mass is 16.5. The molecule has 1 heterocycles. The summed E-state index contributed by atoms with van der Waals surface area (Å²) >= 11 is 0. The number of hydrogen-bond acceptors (Lipinski definition) is 4. The van der Waals surface area contributed by atoms with Gasteiger partial charge in [0, 0.05) is 24.3 Å². The highest BCUT2D eigenvalue weighted by molar-refractivity contribution is 6.00. The normalized spacial score (nSPS) is 16.1. The molecule has 1 N–H and O–H groups in total. The van der Waals surface area contributed by atoms with Gasteiger partial charge in [-0.1, -0.05) is 43.3 Å². The minimum Gasteiger partial charge on any atom is -0.455 e. The Labute approximate surface area is 164 Å². The van der Waals surface area contributed by atoms with Gasteiger partial charge in [-0.25, -0.2) is 0 Å². The second-order valence-corrected chi connectivity index (χ2v) is 6.86. The van der Waals surface area contributed by atoms with Crippen LogP contribution in [0.2, 0.25) is 0 Å². The highest BCUT2D eigenvalue weighted by Crippen LogP contribution is 2.28. The van der Waals surface area contributed by atoms with Crippen LogP contribution in [0, 0.1) is 12.8 Å². The Bertz CT molecular complexity index is 894. The third-order valence-corrected chi connectivity index (χ3v) is 4.88. The molecule has 2 aromatic carbocycles. The van der Waals surface area contributed by atoms with Gasteiger partial charge in [0.2, 0.25) is 5.91 Å². The molecule has 0 aromatic heterocycles. The van der Waals surface area contributed by atoms with Crippen LogP contribution in [0.5, 0.6) is 0 Å². The monoisotopic (exact) mass is 380 g/mol. The lowest BCUT2D eigenvalue weighted by Crippen LogP contribution is -2.28. The smallest absolute Gasteiger partial charge is 0.311 e. The van der Waals surface area contributed by atoms with Crippen LogP contribution >= 0.6 is 0 Å². The minimum atomic E-state index is -0.567. The van der Waals surface area contributed by atoms with Crippen LogP contribution in [-0.4, -0.2) is 30.9 Å². The maximum atomic E-state index is 12.4. The third kappa shape index (κ3) is 4.39. The molecule has 1 aliphatic rings. The van der Waals surface area contributed by atoms with Crippen molar-refractivity contribution in [3.63, 3.8) is 0 Å². The van der Waals surface area contributed by atoms with Crippen molar-refractivity contribution >= 4 is 29.2 Å². The fraction of sp³-hybridized carbons (Fsp3) is 0.318. The average molecular weight is 380 g/mol. The second kappa shape index (κ2) is 8.69. The first-order valence-corrected chi connectivity index (χ1v) is 9.40. The predicted molar refractivity (Wildman–Crippen MR) is 107 cm³/mol. The number of nitrogens with zero attached hydrogens (tertiary/aromatic N) is 1. The van der Waals surface area contributed by atoms with Gasteiger partial charge in [0.05, 0.1) is 5.92 Å². The van der Waals surface area contributed by atoms with E-state index < -0.39 is 17.8 Å². The van der Waals surface area contributed by atoms with Crippen LogP contribution in [0.15, 0.2) is 48.5 Å². The van der Waals surface area contributed by atoms with E-state index >= 15 is 0 Å². The number of benzene rings is 2. The number of carbonyl (C=O) groups excluding carboxylic acids is 3. The van der Waals surface area contributed by atoms with E-state index in [2.05, 4.69) is 5.32 Å². The maximum absolute atomic E-state index is 12.4. The van der Waals surface area contributed by atoms with Crippen LogP contribution in [-0.2, 0) is 25.5 Å². The van der Waals surface area contributed by atoms with E-state index in [0.717, 1.165) is 23.2 Å². The molecule has 146 valence electrons. The number of ether oxygens (including phenoxy) is 1. The number of nitrogens with one attached hydrogen (secondary N) is 1. The molecule has 2 aromatic rings. The molecule has 0 bridgehead atoms. The van der Waals surface area contributed by atoms with E-state index in [1.165, 1.54) is 0 Å². The second-order valence-electron chi connectivity index (χ2n) is 6.86. The van der Waals surface area contributed by atoms with E-state index in [-0.39, 0.29) is 25.5 Å². The van der Waals surface area contributed by atoms with Crippen molar-refractivity contribution in [3.05, 3.63) is 59.7 Å². The number of esters is 1. The molecule has 0 radical (unpaired) electrons. The summed E-state index contributed by atoms with van der Waals surface area (Å²) in [6, 6.07) is 15.0. The Balaban J connectivity index is 1.55. The van der Waals surface area contributed by atoms with E-state index in [1.807, 2.05) is 62.4 Å². The van der Waals surface area contributed by atoms with E-state index in [0.29, 0.717) is 5.69 Å². The summed E-state index contributed by atoms with van der Waals surface area (Å²) in [6.07, 6.45) is 0.878. The van der Waals surface area contributed by atoms with E-state index in [1.54, 1.807) is 4.90 Å². The zero-order valence-corrected chi connectivity index (χ0v) is 16.1. The quantitative estimate of drug-likeness (QED) is 0.782. The first-order valence-electron chi connectivity index (χ1n) is 9.40. The fourth-order valence-electron chi connectivity index (χ4n) is 3.36. The van der Waals surface area contributed by atoms with Crippen molar-refractivity contribution in [2.24, 2.45) is 5.92 Å². The SMILES string of the molecule is CCc1ccccc1NC(=O)COC(=O)[C@@H]1CC(=O)N(c2ccccc2C)C1. The summed E-state index contributed by atoms with van der Waals surface area (Å²) in [5.74, 6) is -1.60. The van der Waals surface area contributed by atoms with Gasteiger partial charge in [0.25, 0.3) is 5.91 Å². The number of aryl methyl sites for hydroxylation is 2. The molecule has 3 rings (SSSR count). The summed E-state index contributed by atoms with van der Waals surface area (Å²) < 4.78 is 5.17. The van der Waals surface area contributed by atoms with Crippen LogP contribution < -0.4 is 10.2 Å². The summed E-state index contributed by atoms with van der Waals surface area (Å²) in [5.41, 5.74) is 3.50. The van der Waals surface area contributed by atoms with Crippen molar-refractivity contribution in [1.29, 1.82) is 0 Å². The number of para-hydroxylation sites is 2. The molecule has 6 heteroatoms. The van der Waals surface area contributed by atoms with Crippen molar-refractivity contribution in [2.45, 2.75) is 26.7 Å². The molecular formula is C22H24N2O4. The summed E-state index contributed by atoms with van der Waals surface area (Å²) in [5, 5.41) is 2.76. The lowest BCUT2D eigenvalue weighted by atomic mass is 10.1. The molecule has 28 heavy (non-hydrogen) atoms. The molecule has 1 fully saturated rings. The lowest BCUT2D eigenvalue weighted by molar-refractivity contribution is -0.151. The fourth-order valence-corrected chi connectivity index (χ4v) is 3.36. The standard InChI is InChI=1S/C22H24N2O4/c1-3-16-9-5-6-10-18(16)23-20(25)14-28-22(27)17-12-21(26)24(13-17)19-11-7-4-8-15(19)2/h4-11,17H,3,12-14H2,1-2H3,(H,23,25)/t17-/m1/s1. The number of hydrogen-bond donors (Lipinski definition) is 1. The number of rotatable bonds is 6. The average Bonchev–Trinajstić information content (AvgIpc) is 3.08. The molecule has 1 atom stereocenters. The third-order valence-electron chi connectivity index (χ3n) is 4.88. The zero-order chi connectivity index (χ0) is 20.1. The molecule has 1 saturated heterocycles. The van der Waals surface area contributed by atoms with E-state index in [4.69, 9.17) is 4.74 Å². The highest BCUT2D eigenvalue weighted by Gasteiger charge is 2.36. The van der Waals surface area contributed by atoms with Crippen LogP contribution in [0.1, 0.15) is 24.5 Å². The summed E-state index contributed by atoms with van der Waals surface area (Å²) in [7, 11) is 0. The maximum Gasteiger partial charge on any atom is 0.311 e. The molecule has 0 spiro atoms. The first-order chi connectivity index (χ1) is 13.5. The van der Waals surface area contributed by atoms with Gasteiger partial charge in [-0.15, -0.1) is 0 Å². The van der Waals surface area contributed by atoms with Crippen molar-refractivity contribution in [1.82, 2.24) is 0 Å². The molecule has 1 aliphatic heterocycles. The Morgan fingerprint density at radius 3 is 2.61 bits per heavy atom. The molecule has 0 unspecified atom stereocenters. The molecule has 0 aliphatic carbocycles. The zero-order valence-electron chi connectivity index (χ0n) is 16.1. The largest absolute Gasteiger partial charge is 0.455 e. The summed E-state index contributed by atoms with van der Waals surface area (Å²) in [4.78, 5) is 38.4. The van der Waals surface area contributed by atoms with Crippen molar-refractivity contribution in [2.75, 3.05) is 23.4 Å². The Hall–Kier alpha value is -3.15. The van der Waals surface area contributed by atoms with Crippen molar-refractivity contribution in [3.8, 4) is 0 Å². The predicted octanol–water partition coefficient (Wildman–Crippen LogP) is 3.09. The Morgan fingerprint density at radius 2 is 1.86 bits per heavy atom. The van der Waals surface area contributed by atoms with Gasteiger partial charge < -0.3 is 15.0 Å². The molecular weight excluding hydrogens is 356 g/mol. The van der Waals surface area contributed by atoms with Crippen molar-refractivity contribution < 1.29 is 19.1 Å². The van der Waals surface area contributed by atoms with E-state index in [9.17, 15) is 14.4 Å². The number of anilines is 2. The topological polar surface area (TPSA) is 75.7 Å². The minimum absolute atomic E-state index is 0.0907. The number of amides is 2. The Kier molecular flexibility index (Phi) is 6.09. The van der Waals surface area contributed by atoms with Gasteiger partial charge in [0.1, 0.15) is 0 Å².